The summed E-state index contributed by atoms with van der Waals surface area (Å²) in [4.78, 5) is 58.2. The molecule has 4 aliphatic rings. The van der Waals surface area contributed by atoms with Crippen LogP contribution in [0.2, 0.25) is 0 Å². The van der Waals surface area contributed by atoms with Crippen molar-refractivity contribution < 1.29 is 62.9 Å². The lowest BCUT2D eigenvalue weighted by molar-refractivity contribution is -0.266. The predicted molar refractivity (Wildman–Crippen MR) is 260 cm³/mol. The molecule has 0 aromatic heterocycles. The predicted octanol–water partition coefficient (Wildman–Crippen LogP) is 7.41. The number of allylic oxidation sites excluding steroid dienone is 6. The van der Waals surface area contributed by atoms with E-state index in [1.807, 2.05) is 71.1 Å². The second-order valence-electron chi connectivity index (χ2n) is 20.5. The largest absolute Gasteiger partial charge is 0.461 e. The highest BCUT2D eigenvalue weighted by Crippen LogP contribution is 2.38. The molecule has 0 spiro atoms. The van der Waals surface area contributed by atoms with Gasteiger partial charge in [-0.2, -0.15) is 0 Å². The molecule has 14 heteroatoms. The number of rotatable bonds is 10. The first kappa shape index (κ1) is 57.5. The Hall–Kier alpha value is -3.08. The van der Waals surface area contributed by atoms with E-state index in [1.54, 1.807) is 21.0 Å². The summed E-state index contributed by atoms with van der Waals surface area (Å²) in [6, 6.07) is -1.03. The standard InChI is InChI=1S/C54H87NO13/c1-11-65-46-33-42-23-21-40(8)54(62,68-42)51(59)52(60)55-26-16-15-19-43(55)53(61)67-44(37(5)31-41-22-25-45(66-28-27-56)47(32-41)63-9)24-20-35(3)30-39(7)49(58)50(64-10)48(57)38(6)29-34(2)17-13-12-14-18-36(46)4/h12-14,17-18,30,34-35,37-38,40-47,49-50,56,58,62H,11,15-16,19-29,31-33H2,1-10H3/b14-12?,17-13+,36-18?,39-30+/t34-,35+,37-,38-,40-,41+,42+,43+,44+,45-,46+,47-,49-,50+,54-/m1/s1. The van der Waals surface area contributed by atoms with Crippen LogP contribution in [0.3, 0.4) is 0 Å². The molecule has 1 amide bonds. The summed E-state index contributed by atoms with van der Waals surface area (Å²) in [5, 5.41) is 32.9. The highest BCUT2D eigenvalue weighted by atomic mass is 16.6. The molecule has 15 atom stereocenters. The van der Waals surface area contributed by atoms with Crippen molar-refractivity contribution in [1.29, 1.82) is 0 Å². The third kappa shape index (κ3) is 16.0. The zero-order chi connectivity index (χ0) is 50.1. The zero-order valence-electron chi connectivity index (χ0n) is 42.9. The van der Waals surface area contributed by atoms with Crippen LogP contribution >= 0.6 is 0 Å². The maximum Gasteiger partial charge on any atom is 0.329 e. The second-order valence-corrected chi connectivity index (χ2v) is 20.5. The number of hydrogen-bond acceptors (Lipinski definition) is 13. The first-order valence-corrected chi connectivity index (χ1v) is 25.7. The third-order valence-electron chi connectivity index (χ3n) is 15.0. The van der Waals surface area contributed by atoms with Crippen molar-refractivity contribution in [3.63, 3.8) is 0 Å². The normalized spacial score (nSPS) is 37.9. The molecule has 3 N–H and O–H groups in total. The highest BCUT2D eigenvalue weighted by Gasteiger charge is 2.53. The molecule has 0 radical (unpaired) electrons. The summed E-state index contributed by atoms with van der Waals surface area (Å²) >= 11 is 0. The molecule has 0 aromatic rings. The van der Waals surface area contributed by atoms with Gasteiger partial charge in [-0.25, -0.2) is 4.79 Å². The summed E-state index contributed by atoms with van der Waals surface area (Å²) in [6.45, 7) is 16.1. The van der Waals surface area contributed by atoms with E-state index < -0.39 is 59.8 Å². The lowest BCUT2D eigenvalue weighted by atomic mass is 9.78. The first-order valence-electron chi connectivity index (χ1n) is 25.7. The SMILES string of the molecule is CCO[C@H]1C[C@@H]2CC[C@@H](C)[C@@](O)(O2)C(=O)C(=O)N2CCCC[C@H]2C(=O)O[C@H]([C@H](C)C[C@@H]2CC[C@@H](OCCO)[C@H](OC)C2)CC[C@H](C)/C=C(\C)[C@@H](O)[C@@H](OC)C(=O)[C@H](C)C[C@H](C)/C=C/C=CC=C1C. The Bertz CT molecular complexity index is 1740. The molecular weight excluding hydrogens is 871 g/mol. The van der Waals surface area contributed by atoms with Crippen LogP contribution in [0.1, 0.15) is 139 Å². The third-order valence-corrected chi connectivity index (χ3v) is 15.0. The number of aliphatic hydroxyl groups is 3. The van der Waals surface area contributed by atoms with E-state index in [4.69, 9.17) is 28.4 Å². The quantitative estimate of drug-likeness (QED) is 0.112. The molecule has 3 fully saturated rings. The summed E-state index contributed by atoms with van der Waals surface area (Å²) < 4.78 is 36.2. The van der Waals surface area contributed by atoms with Gasteiger partial charge in [0.2, 0.25) is 5.79 Å². The smallest absolute Gasteiger partial charge is 0.329 e. The van der Waals surface area contributed by atoms with Crippen molar-refractivity contribution >= 4 is 23.4 Å². The number of aliphatic hydroxyl groups excluding tert-OH is 2. The van der Waals surface area contributed by atoms with E-state index in [0.29, 0.717) is 70.0 Å². The molecule has 3 aliphatic heterocycles. The van der Waals surface area contributed by atoms with Crippen LogP contribution in [0.5, 0.6) is 0 Å². The van der Waals surface area contributed by atoms with Crippen LogP contribution in [-0.4, -0.2) is 139 Å². The van der Waals surface area contributed by atoms with Crippen molar-refractivity contribution in [2.24, 2.45) is 35.5 Å². The number of ketones is 2. The maximum absolute atomic E-state index is 14.5. The van der Waals surface area contributed by atoms with Crippen LogP contribution in [0.4, 0.5) is 0 Å². The Balaban J connectivity index is 1.68. The van der Waals surface area contributed by atoms with E-state index in [1.165, 1.54) is 12.0 Å². The van der Waals surface area contributed by atoms with Gasteiger partial charge in [-0.05, 0) is 133 Å². The molecule has 2 bridgehead atoms. The Morgan fingerprint density at radius 2 is 1.59 bits per heavy atom. The van der Waals surface area contributed by atoms with Crippen molar-refractivity contribution in [2.75, 3.05) is 40.6 Å². The number of cyclic esters (lactones) is 1. The number of Topliss-reactive ketones (excluding diaryl/α,β-unsaturated/α-hetero) is 2. The van der Waals surface area contributed by atoms with Crippen LogP contribution in [0, 0.1) is 35.5 Å². The lowest BCUT2D eigenvalue weighted by Crippen LogP contribution is -2.61. The van der Waals surface area contributed by atoms with Crippen molar-refractivity contribution in [3.05, 3.63) is 47.6 Å². The van der Waals surface area contributed by atoms with Gasteiger partial charge in [-0.1, -0.05) is 71.1 Å². The minimum Gasteiger partial charge on any atom is -0.461 e. The molecule has 0 unspecified atom stereocenters. The average Bonchev–Trinajstić information content (AvgIpc) is 3.32. The number of carbonyl (C=O) groups excluding carboxylic acids is 4. The number of nitrogens with zero attached hydrogens (tertiary/aromatic N) is 1. The minimum absolute atomic E-state index is 0.0636. The van der Waals surface area contributed by atoms with E-state index >= 15 is 0 Å². The topological polar surface area (TPSA) is 188 Å². The zero-order valence-corrected chi connectivity index (χ0v) is 42.9. The van der Waals surface area contributed by atoms with E-state index in [9.17, 15) is 34.5 Å². The number of carbonyl (C=O) groups is 4. The monoisotopic (exact) mass is 958 g/mol. The molecular formula is C54H87NO13. The van der Waals surface area contributed by atoms with Gasteiger partial charge in [0, 0.05) is 45.6 Å². The average molecular weight is 958 g/mol. The van der Waals surface area contributed by atoms with Crippen molar-refractivity contribution in [1.82, 2.24) is 4.90 Å². The Kier molecular flexibility index (Phi) is 23.7. The van der Waals surface area contributed by atoms with Crippen molar-refractivity contribution in [2.45, 2.75) is 193 Å². The minimum atomic E-state index is -2.39. The Labute approximate surface area is 407 Å². The van der Waals surface area contributed by atoms with Crippen molar-refractivity contribution in [3.8, 4) is 0 Å². The fourth-order valence-corrected chi connectivity index (χ4v) is 10.8. The molecule has 14 nitrogen and oxygen atoms in total. The van der Waals surface area contributed by atoms with Gasteiger partial charge in [0.25, 0.3) is 11.7 Å². The number of piperidine rings is 1. The molecule has 1 saturated carbocycles. The van der Waals surface area contributed by atoms with Crippen LogP contribution in [0.15, 0.2) is 47.6 Å². The number of esters is 1. The van der Waals surface area contributed by atoms with Crippen LogP contribution in [-0.2, 0) is 47.6 Å². The fourth-order valence-electron chi connectivity index (χ4n) is 10.8. The fraction of sp³-hybridized carbons (Fsp3) is 0.778. The molecule has 1 aliphatic carbocycles. The molecule has 4 rings (SSSR count). The maximum atomic E-state index is 14.5. The summed E-state index contributed by atoms with van der Waals surface area (Å²) in [6.07, 6.45) is 15.4. The number of amides is 1. The summed E-state index contributed by atoms with van der Waals surface area (Å²) in [7, 11) is 3.12. The molecule has 386 valence electrons. The molecule has 2 saturated heterocycles. The Morgan fingerprint density at radius 1 is 0.838 bits per heavy atom. The van der Waals surface area contributed by atoms with Gasteiger partial charge in [-0.15, -0.1) is 0 Å². The number of hydrogen-bond donors (Lipinski definition) is 3. The van der Waals surface area contributed by atoms with Gasteiger partial charge < -0.3 is 48.6 Å². The van der Waals surface area contributed by atoms with Gasteiger partial charge in [0.05, 0.1) is 37.6 Å². The van der Waals surface area contributed by atoms with Crippen LogP contribution in [0.25, 0.3) is 0 Å². The number of ether oxygens (including phenoxy) is 6. The molecule has 68 heavy (non-hydrogen) atoms. The second kappa shape index (κ2) is 28.1. The van der Waals surface area contributed by atoms with E-state index in [0.717, 1.165) is 31.3 Å². The molecule has 0 aromatic carbocycles. The van der Waals surface area contributed by atoms with E-state index in [-0.39, 0.29) is 73.4 Å². The van der Waals surface area contributed by atoms with Gasteiger partial charge in [0.15, 0.2) is 5.78 Å². The first-order chi connectivity index (χ1) is 32.4. The highest BCUT2D eigenvalue weighted by molar-refractivity contribution is 6.39. The number of methoxy groups -OCH3 is 2. The Morgan fingerprint density at radius 3 is 2.28 bits per heavy atom. The van der Waals surface area contributed by atoms with E-state index in [2.05, 4.69) is 6.92 Å². The lowest BCUT2D eigenvalue weighted by Gasteiger charge is -2.43. The number of fused-ring (bicyclic) bond motifs is 3. The van der Waals surface area contributed by atoms with Crippen LogP contribution < -0.4 is 0 Å². The summed E-state index contributed by atoms with van der Waals surface area (Å²) in [5.74, 6) is -6.09. The summed E-state index contributed by atoms with van der Waals surface area (Å²) in [5.41, 5.74) is 1.53. The van der Waals surface area contributed by atoms with Gasteiger partial charge in [-0.3, -0.25) is 14.4 Å². The van der Waals surface area contributed by atoms with Gasteiger partial charge in [0.1, 0.15) is 24.4 Å². The van der Waals surface area contributed by atoms with Gasteiger partial charge >= 0.3 is 5.97 Å². The molecule has 3 heterocycles.